The minimum Gasteiger partial charge on any atom is -0.349 e. The second-order valence-electron chi connectivity index (χ2n) is 5.97. The van der Waals surface area contributed by atoms with Gasteiger partial charge in [-0.1, -0.05) is 30.3 Å². The molecular formula is C18H23N3O. The Morgan fingerprint density at radius 3 is 2.77 bits per heavy atom. The highest BCUT2D eigenvalue weighted by Gasteiger charge is 2.25. The molecule has 0 saturated carbocycles. The second kappa shape index (κ2) is 6.36. The third-order valence-corrected chi connectivity index (χ3v) is 4.49. The normalized spacial score (nSPS) is 19.5. The van der Waals surface area contributed by atoms with E-state index in [-0.39, 0.29) is 18.0 Å². The zero-order chi connectivity index (χ0) is 15.5. The van der Waals surface area contributed by atoms with E-state index in [2.05, 4.69) is 40.0 Å². The Hall–Kier alpha value is -2.07. The van der Waals surface area contributed by atoms with Crippen molar-refractivity contribution in [2.75, 3.05) is 13.1 Å². The van der Waals surface area contributed by atoms with Crippen molar-refractivity contribution < 1.29 is 4.79 Å². The number of hydrogen-bond donors (Lipinski definition) is 1. The first-order valence-corrected chi connectivity index (χ1v) is 7.88. The van der Waals surface area contributed by atoms with Crippen molar-refractivity contribution in [3.8, 4) is 0 Å². The van der Waals surface area contributed by atoms with Gasteiger partial charge in [-0.3, -0.25) is 9.69 Å². The fourth-order valence-corrected chi connectivity index (χ4v) is 3.14. The zero-order valence-corrected chi connectivity index (χ0v) is 13.2. The summed E-state index contributed by atoms with van der Waals surface area (Å²) in [5.74, 6) is 0.0863. The van der Waals surface area contributed by atoms with E-state index in [1.54, 1.807) is 0 Å². The highest BCUT2D eigenvalue weighted by Crippen LogP contribution is 2.24. The maximum atomic E-state index is 12.3. The van der Waals surface area contributed by atoms with Crippen LogP contribution in [0.1, 0.15) is 37.2 Å². The molecule has 1 aliphatic rings. The van der Waals surface area contributed by atoms with Gasteiger partial charge in [0.1, 0.15) is 0 Å². The molecule has 1 aromatic carbocycles. The Balaban J connectivity index is 1.59. The number of nitrogens with one attached hydrogen (secondary N) is 1. The van der Waals surface area contributed by atoms with E-state index in [4.69, 9.17) is 0 Å². The van der Waals surface area contributed by atoms with Crippen LogP contribution in [0.25, 0.3) is 0 Å². The fourth-order valence-electron chi connectivity index (χ4n) is 3.14. The molecule has 1 aliphatic heterocycles. The van der Waals surface area contributed by atoms with Gasteiger partial charge in [-0.15, -0.1) is 0 Å². The number of carbonyl (C=O) groups is 1. The summed E-state index contributed by atoms with van der Waals surface area (Å²) in [4.78, 5) is 14.6. The molecule has 1 amide bonds. The summed E-state index contributed by atoms with van der Waals surface area (Å²) in [6.07, 6.45) is 2.11. The predicted molar refractivity (Wildman–Crippen MR) is 87.4 cm³/mol. The van der Waals surface area contributed by atoms with Gasteiger partial charge >= 0.3 is 0 Å². The molecule has 22 heavy (non-hydrogen) atoms. The number of fused-ring (bicyclic) bond motifs is 1. The lowest BCUT2D eigenvalue weighted by molar-refractivity contribution is -0.123. The van der Waals surface area contributed by atoms with Crippen LogP contribution in [0.4, 0.5) is 0 Å². The van der Waals surface area contributed by atoms with Crippen LogP contribution in [0.5, 0.6) is 0 Å². The lowest BCUT2D eigenvalue weighted by Crippen LogP contribution is -2.43. The number of benzene rings is 1. The quantitative estimate of drug-likeness (QED) is 0.942. The van der Waals surface area contributed by atoms with Gasteiger partial charge in [0.15, 0.2) is 0 Å². The van der Waals surface area contributed by atoms with Gasteiger partial charge in [0.25, 0.3) is 0 Å². The van der Waals surface area contributed by atoms with E-state index in [0.717, 1.165) is 18.7 Å². The van der Waals surface area contributed by atoms with E-state index in [9.17, 15) is 4.79 Å². The van der Waals surface area contributed by atoms with E-state index in [1.807, 2.05) is 37.3 Å². The summed E-state index contributed by atoms with van der Waals surface area (Å²) in [5.41, 5.74) is 2.42. The average molecular weight is 297 g/mol. The van der Waals surface area contributed by atoms with Gasteiger partial charge in [-0.25, -0.2) is 0 Å². The summed E-state index contributed by atoms with van der Waals surface area (Å²) in [5, 5.41) is 3.09. The van der Waals surface area contributed by atoms with Crippen LogP contribution in [-0.4, -0.2) is 28.5 Å². The van der Waals surface area contributed by atoms with Crippen molar-refractivity contribution in [2.45, 2.75) is 32.5 Å². The molecule has 3 rings (SSSR count). The van der Waals surface area contributed by atoms with Crippen molar-refractivity contribution in [3.63, 3.8) is 0 Å². The van der Waals surface area contributed by atoms with Crippen LogP contribution in [0.3, 0.4) is 0 Å². The van der Waals surface area contributed by atoms with Crippen LogP contribution in [0.15, 0.2) is 48.7 Å². The van der Waals surface area contributed by atoms with E-state index < -0.39 is 0 Å². The Labute approximate surface area is 131 Å². The van der Waals surface area contributed by atoms with Gasteiger partial charge in [0, 0.05) is 31.0 Å². The van der Waals surface area contributed by atoms with Gasteiger partial charge in [0.05, 0.1) is 12.6 Å². The van der Waals surface area contributed by atoms with Crippen LogP contribution in [0.2, 0.25) is 0 Å². The number of amides is 1. The first-order chi connectivity index (χ1) is 10.6. The molecule has 0 radical (unpaired) electrons. The van der Waals surface area contributed by atoms with Crippen molar-refractivity contribution >= 4 is 5.91 Å². The summed E-state index contributed by atoms with van der Waals surface area (Å²) in [6.45, 7) is 6.50. The molecule has 116 valence electrons. The summed E-state index contributed by atoms with van der Waals surface area (Å²) in [6, 6.07) is 14.6. The summed E-state index contributed by atoms with van der Waals surface area (Å²) < 4.78 is 2.27. The molecule has 4 heteroatoms. The summed E-state index contributed by atoms with van der Waals surface area (Å²) >= 11 is 0. The lowest BCUT2D eigenvalue weighted by atomic mass is 10.1. The number of rotatable bonds is 4. The molecule has 2 atom stereocenters. The molecule has 2 aromatic rings. The van der Waals surface area contributed by atoms with Crippen molar-refractivity contribution in [1.29, 1.82) is 0 Å². The molecule has 2 heterocycles. The smallest absolute Gasteiger partial charge is 0.234 e. The molecule has 1 aromatic heterocycles. The lowest BCUT2D eigenvalue weighted by Gasteiger charge is -2.34. The number of hydrogen-bond acceptors (Lipinski definition) is 2. The Morgan fingerprint density at radius 1 is 1.23 bits per heavy atom. The number of carbonyl (C=O) groups excluding carboxylic acids is 1. The topological polar surface area (TPSA) is 37.3 Å². The zero-order valence-electron chi connectivity index (χ0n) is 13.2. The third kappa shape index (κ3) is 3.07. The first kappa shape index (κ1) is 14.9. The number of nitrogens with zero attached hydrogens (tertiary/aromatic N) is 2. The largest absolute Gasteiger partial charge is 0.349 e. The number of aromatic nitrogens is 1. The van der Waals surface area contributed by atoms with Crippen LogP contribution < -0.4 is 5.32 Å². The van der Waals surface area contributed by atoms with Crippen molar-refractivity contribution in [3.05, 3.63) is 59.9 Å². The molecule has 0 fully saturated rings. The highest BCUT2D eigenvalue weighted by atomic mass is 16.2. The Morgan fingerprint density at radius 2 is 2.00 bits per heavy atom. The highest BCUT2D eigenvalue weighted by molar-refractivity contribution is 5.78. The third-order valence-electron chi connectivity index (χ3n) is 4.49. The molecular weight excluding hydrogens is 274 g/mol. The minimum atomic E-state index is 0.0395. The average Bonchev–Trinajstić information content (AvgIpc) is 3.00. The Kier molecular flexibility index (Phi) is 4.29. The molecule has 1 N–H and O–H groups in total. The van der Waals surface area contributed by atoms with E-state index in [1.165, 1.54) is 5.69 Å². The van der Waals surface area contributed by atoms with E-state index >= 15 is 0 Å². The fraction of sp³-hybridized carbons (Fsp3) is 0.389. The molecule has 2 unspecified atom stereocenters. The monoisotopic (exact) mass is 297 g/mol. The SMILES string of the molecule is CC(NC(=O)CN1CCn2cccc2C1C)c1ccccc1. The van der Waals surface area contributed by atoms with Gasteiger partial charge in [-0.05, 0) is 31.5 Å². The van der Waals surface area contributed by atoms with Crippen LogP contribution >= 0.6 is 0 Å². The Bertz CT molecular complexity index is 635. The molecule has 0 bridgehead atoms. The molecule has 0 saturated heterocycles. The molecule has 0 spiro atoms. The van der Waals surface area contributed by atoms with Crippen LogP contribution in [-0.2, 0) is 11.3 Å². The first-order valence-electron chi connectivity index (χ1n) is 7.88. The van der Waals surface area contributed by atoms with Crippen LogP contribution in [0, 0.1) is 0 Å². The second-order valence-corrected chi connectivity index (χ2v) is 5.97. The van der Waals surface area contributed by atoms with Gasteiger partial charge in [-0.2, -0.15) is 0 Å². The predicted octanol–water partition coefficient (Wildman–Crippen LogP) is 2.74. The van der Waals surface area contributed by atoms with E-state index in [0.29, 0.717) is 6.54 Å². The molecule has 4 nitrogen and oxygen atoms in total. The summed E-state index contributed by atoms with van der Waals surface area (Å²) in [7, 11) is 0. The van der Waals surface area contributed by atoms with Gasteiger partial charge in [0.2, 0.25) is 5.91 Å². The van der Waals surface area contributed by atoms with Crippen molar-refractivity contribution in [1.82, 2.24) is 14.8 Å². The molecule has 0 aliphatic carbocycles. The minimum absolute atomic E-state index is 0.0395. The standard InChI is InChI=1S/C18H23N3O/c1-14(16-7-4-3-5-8-16)19-18(22)13-21-12-11-20-10-6-9-17(20)15(21)2/h3-10,14-15H,11-13H2,1-2H3,(H,19,22). The van der Waals surface area contributed by atoms with Gasteiger partial charge < -0.3 is 9.88 Å². The van der Waals surface area contributed by atoms with Crippen molar-refractivity contribution in [2.24, 2.45) is 0 Å². The maximum absolute atomic E-state index is 12.3. The maximum Gasteiger partial charge on any atom is 0.234 e.